The number of ketones is 1. The maximum Gasteiger partial charge on any atom is 0.274 e. The fraction of sp³-hybridized carbons (Fsp3) is 0.136. The van der Waals surface area contributed by atoms with Gasteiger partial charge in [-0.25, -0.2) is 0 Å². The van der Waals surface area contributed by atoms with Crippen molar-refractivity contribution in [1.82, 2.24) is 4.98 Å². The molecule has 0 atom stereocenters. The molecule has 0 unspecified atom stereocenters. The summed E-state index contributed by atoms with van der Waals surface area (Å²) in [6.45, 7) is 3.91. The molecule has 0 bridgehead atoms. The Morgan fingerprint density at radius 1 is 1.00 bits per heavy atom. The van der Waals surface area contributed by atoms with Gasteiger partial charge in [0.1, 0.15) is 11.4 Å². The first-order chi connectivity index (χ1) is 13.6. The third kappa shape index (κ3) is 4.73. The van der Waals surface area contributed by atoms with Crippen LogP contribution in [0.4, 0.5) is 17.1 Å². The number of Topliss-reactive ketones (excluding diaryl/α,β-unsaturated/α-hetero) is 1. The van der Waals surface area contributed by atoms with Crippen LogP contribution in [0.1, 0.15) is 34.7 Å². The van der Waals surface area contributed by atoms with E-state index in [0.29, 0.717) is 29.3 Å². The van der Waals surface area contributed by atoms with Gasteiger partial charge in [0, 0.05) is 23.1 Å². The molecule has 142 valence electrons. The van der Waals surface area contributed by atoms with Crippen molar-refractivity contribution in [3.8, 4) is 5.75 Å². The molecule has 1 amide bonds. The molecule has 3 rings (SSSR count). The van der Waals surface area contributed by atoms with Gasteiger partial charge in [-0.1, -0.05) is 24.3 Å². The fourth-order valence-electron chi connectivity index (χ4n) is 2.65. The second-order valence-electron chi connectivity index (χ2n) is 6.08. The van der Waals surface area contributed by atoms with Crippen molar-refractivity contribution in [3.05, 3.63) is 78.1 Å². The lowest BCUT2D eigenvalue weighted by molar-refractivity contribution is 0.101. The number of nitrogens with zero attached hydrogens (tertiary/aromatic N) is 1. The van der Waals surface area contributed by atoms with Crippen molar-refractivity contribution >= 4 is 28.8 Å². The van der Waals surface area contributed by atoms with E-state index in [2.05, 4.69) is 15.6 Å². The number of aromatic nitrogens is 1. The topological polar surface area (TPSA) is 80.3 Å². The van der Waals surface area contributed by atoms with E-state index in [0.717, 1.165) is 5.69 Å². The summed E-state index contributed by atoms with van der Waals surface area (Å²) in [7, 11) is 0. The molecule has 3 aromatic rings. The third-order valence-electron chi connectivity index (χ3n) is 3.99. The highest BCUT2D eigenvalue weighted by atomic mass is 16.5. The van der Waals surface area contributed by atoms with Crippen LogP contribution in [0.2, 0.25) is 0 Å². The summed E-state index contributed by atoms with van der Waals surface area (Å²) in [5.74, 6) is 0.258. The van der Waals surface area contributed by atoms with E-state index in [1.807, 2.05) is 25.1 Å². The number of hydrogen-bond acceptors (Lipinski definition) is 5. The fourth-order valence-corrected chi connectivity index (χ4v) is 2.65. The number of amides is 1. The lowest BCUT2D eigenvalue weighted by Crippen LogP contribution is -2.14. The first-order valence-corrected chi connectivity index (χ1v) is 8.94. The van der Waals surface area contributed by atoms with Gasteiger partial charge in [0.15, 0.2) is 5.78 Å². The molecule has 0 aliphatic carbocycles. The Kier molecular flexibility index (Phi) is 6.01. The monoisotopic (exact) mass is 375 g/mol. The molecule has 0 saturated heterocycles. The largest absolute Gasteiger partial charge is 0.492 e. The Hall–Kier alpha value is -3.67. The normalized spacial score (nSPS) is 10.2. The second kappa shape index (κ2) is 8.81. The SMILES string of the molecule is CCOc1ccccc1NC(=O)c1cc(Nc2cccc(C(C)=O)c2)ccn1. The molecule has 0 saturated carbocycles. The van der Waals surface area contributed by atoms with Crippen LogP contribution >= 0.6 is 0 Å². The maximum absolute atomic E-state index is 12.6. The van der Waals surface area contributed by atoms with Gasteiger partial charge in [0.2, 0.25) is 0 Å². The van der Waals surface area contributed by atoms with Gasteiger partial charge in [-0.05, 0) is 50.2 Å². The molecule has 1 heterocycles. The van der Waals surface area contributed by atoms with Gasteiger partial charge < -0.3 is 15.4 Å². The van der Waals surface area contributed by atoms with Crippen molar-refractivity contribution in [2.24, 2.45) is 0 Å². The Balaban J connectivity index is 1.77. The Labute approximate surface area is 163 Å². The minimum Gasteiger partial charge on any atom is -0.492 e. The molecular formula is C22H21N3O3. The number of carbonyl (C=O) groups is 2. The zero-order valence-electron chi connectivity index (χ0n) is 15.7. The number of benzene rings is 2. The summed E-state index contributed by atoms with van der Waals surface area (Å²) < 4.78 is 5.53. The molecule has 0 spiro atoms. The van der Waals surface area contributed by atoms with E-state index >= 15 is 0 Å². The molecular weight excluding hydrogens is 354 g/mol. The number of para-hydroxylation sites is 2. The second-order valence-corrected chi connectivity index (χ2v) is 6.08. The molecule has 6 nitrogen and oxygen atoms in total. The number of anilines is 3. The van der Waals surface area contributed by atoms with E-state index in [9.17, 15) is 9.59 Å². The van der Waals surface area contributed by atoms with E-state index < -0.39 is 0 Å². The van der Waals surface area contributed by atoms with Gasteiger partial charge >= 0.3 is 0 Å². The average Bonchev–Trinajstić information content (AvgIpc) is 2.70. The van der Waals surface area contributed by atoms with Crippen LogP contribution in [-0.2, 0) is 0 Å². The van der Waals surface area contributed by atoms with Gasteiger partial charge in [-0.2, -0.15) is 0 Å². The standard InChI is InChI=1S/C22H21N3O3/c1-3-28-21-10-5-4-9-19(21)25-22(27)20-14-18(11-12-23-20)24-17-8-6-7-16(13-17)15(2)26/h4-14H,3H2,1-2H3,(H,23,24)(H,25,27). The average molecular weight is 375 g/mol. The predicted molar refractivity (Wildman–Crippen MR) is 110 cm³/mol. The molecule has 0 aliphatic heterocycles. The molecule has 28 heavy (non-hydrogen) atoms. The van der Waals surface area contributed by atoms with E-state index in [1.54, 1.807) is 48.7 Å². The predicted octanol–water partition coefficient (Wildman–Crippen LogP) is 4.68. The van der Waals surface area contributed by atoms with E-state index in [1.165, 1.54) is 6.92 Å². The highest BCUT2D eigenvalue weighted by Crippen LogP contribution is 2.24. The quantitative estimate of drug-likeness (QED) is 0.586. The van der Waals surface area contributed by atoms with Crippen molar-refractivity contribution in [3.63, 3.8) is 0 Å². The molecule has 2 N–H and O–H groups in total. The summed E-state index contributed by atoms with van der Waals surface area (Å²) >= 11 is 0. The number of rotatable bonds is 7. The molecule has 2 aromatic carbocycles. The highest BCUT2D eigenvalue weighted by Gasteiger charge is 2.12. The Bertz CT molecular complexity index is 1000. The zero-order valence-corrected chi connectivity index (χ0v) is 15.7. The smallest absolute Gasteiger partial charge is 0.274 e. The third-order valence-corrected chi connectivity index (χ3v) is 3.99. The zero-order chi connectivity index (χ0) is 19.9. The number of carbonyl (C=O) groups excluding carboxylic acids is 2. The molecule has 0 aliphatic rings. The minimum atomic E-state index is -0.340. The Morgan fingerprint density at radius 3 is 2.57 bits per heavy atom. The first kappa shape index (κ1) is 19.1. The van der Waals surface area contributed by atoms with Crippen LogP contribution in [0.3, 0.4) is 0 Å². The highest BCUT2D eigenvalue weighted by molar-refractivity contribution is 6.04. The summed E-state index contributed by atoms with van der Waals surface area (Å²) in [5.41, 5.74) is 2.91. The van der Waals surface area contributed by atoms with Crippen LogP contribution in [0.25, 0.3) is 0 Å². The molecule has 0 fully saturated rings. The van der Waals surface area contributed by atoms with E-state index in [-0.39, 0.29) is 17.4 Å². The lowest BCUT2D eigenvalue weighted by atomic mass is 10.1. The van der Waals surface area contributed by atoms with Gasteiger partial charge in [0.25, 0.3) is 5.91 Å². The summed E-state index contributed by atoms with van der Waals surface area (Å²) in [6, 6.07) is 17.8. The number of ether oxygens (including phenoxy) is 1. The van der Waals surface area contributed by atoms with Crippen LogP contribution in [0.15, 0.2) is 66.9 Å². The lowest BCUT2D eigenvalue weighted by Gasteiger charge is -2.12. The van der Waals surface area contributed by atoms with Crippen LogP contribution in [0.5, 0.6) is 5.75 Å². The number of hydrogen-bond donors (Lipinski definition) is 2. The van der Waals surface area contributed by atoms with Crippen molar-refractivity contribution in [2.75, 3.05) is 17.2 Å². The first-order valence-electron chi connectivity index (χ1n) is 8.94. The summed E-state index contributed by atoms with van der Waals surface area (Å²) in [6.07, 6.45) is 1.56. The molecule has 0 radical (unpaired) electrons. The van der Waals surface area contributed by atoms with Crippen LogP contribution < -0.4 is 15.4 Å². The van der Waals surface area contributed by atoms with Gasteiger partial charge in [-0.15, -0.1) is 0 Å². The van der Waals surface area contributed by atoms with Crippen molar-refractivity contribution in [2.45, 2.75) is 13.8 Å². The maximum atomic E-state index is 12.6. The molecule has 1 aromatic heterocycles. The van der Waals surface area contributed by atoms with Gasteiger partial charge in [0.05, 0.1) is 12.3 Å². The van der Waals surface area contributed by atoms with Crippen molar-refractivity contribution < 1.29 is 14.3 Å². The number of pyridine rings is 1. The van der Waals surface area contributed by atoms with Crippen molar-refractivity contribution in [1.29, 1.82) is 0 Å². The summed E-state index contributed by atoms with van der Waals surface area (Å²) in [4.78, 5) is 28.3. The van der Waals surface area contributed by atoms with Crippen LogP contribution in [-0.4, -0.2) is 23.3 Å². The van der Waals surface area contributed by atoms with Gasteiger partial charge in [-0.3, -0.25) is 14.6 Å². The van der Waals surface area contributed by atoms with E-state index in [4.69, 9.17) is 4.74 Å². The Morgan fingerprint density at radius 2 is 1.79 bits per heavy atom. The van der Waals surface area contributed by atoms with Crippen LogP contribution in [0, 0.1) is 0 Å². The number of nitrogens with one attached hydrogen (secondary N) is 2. The minimum absolute atomic E-state index is 0.00795. The summed E-state index contributed by atoms with van der Waals surface area (Å²) in [5, 5.41) is 6.02. The molecule has 6 heteroatoms.